The number of hydrogen-bond donors (Lipinski definition) is 2. The van der Waals surface area contributed by atoms with Gasteiger partial charge in [0.15, 0.2) is 0 Å². The predicted octanol–water partition coefficient (Wildman–Crippen LogP) is 8.95. The number of ether oxygens (including phenoxy) is 2. The second kappa shape index (κ2) is 18.2. The van der Waals surface area contributed by atoms with Crippen LogP contribution in [0.3, 0.4) is 0 Å². The third-order valence-corrected chi connectivity index (χ3v) is 11.1. The Labute approximate surface area is 317 Å². The first-order valence-electron chi connectivity index (χ1n) is 18.8. The van der Waals surface area contributed by atoms with Crippen LogP contribution in [0.15, 0.2) is 79.1 Å². The van der Waals surface area contributed by atoms with Crippen molar-refractivity contribution in [1.29, 1.82) is 5.26 Å². The fraction of sp³-hybridized carbons (Fsp3) is 0.419. The molecule has 2 atom stereocenters. The molecule has 0 aliphatic heterocycles. The molecule has 2 aromatic heterocycles. The number of carbonyl (C=O) groups is 2. The van der Waals surface area contributed by atoms with Gasteiger partial charge in [0.05, 0.1) is 34.1 Å². The maximum absolute atomic E-state index is 13.1. The minimum Gasteiger partial charge on any atom is -0.487 e. The fourth-order valence-electron chi connectivity index (χ4n) is 7.57. The molecule has 276 valence electrons. The summed E-state index contributed by atoms with van der Waals surface area (Å²) in [4.78, 5) is 34.8. The van der Waals surface area contributed by atoms with Gasteiger partial charge in [-0.1, -0.05) is 36.9 Å². The Bertz CT molecular complexity index is 1880. The highest BCUT2D eigenvalue weighted by molar-refractivity contribution is 6.30. The summed E-state index contributed by atoms with van der Waals surface area (Å²) in [6.07, 6.45) is 13.1. The SMILES string of the molecule is C[C@@H](NC(=O)c1ccc(COc2cc(C#N)cc(C3CCC([C@@H](C)NC(=O)c4ccc(COc5cccc(Cl)c5)nc4)CC3)c2)nc1)C1CCCCC1. The highest BCUT2D eigenvalue weighted by Gasteiger charge is 2.28. The van der Waals surface area contributed by atoms with E-state index in [-0.39, 0.29) is 37.1 Å². The zero-order valence-corrected chi connectivity index (χ0v) is 31.3. The summed E-state index contributed by atoms with van der Waals surface area (Å²) in [6, 6.07) is 22.6. The van der Waals surface area contributed by atoms with Crippen LogP contribution in [-0.2, 0) is 13.2 Å². The largest absolute Gasteiger partial charge is 0.487 e. The van der Waals surface area contributed by atoms with Crippen LogP contribution in [0.5, 0.6) is 11.5 Å². The minimum atomic E-state index is -0.144. The topological polar surface area (TPSA) is 126 Å². The van der Waals surface area contributed by atoms with E-state index in [0.29, 0.717) is 62.4 Å². The van der Waals surface area contributed by atoms with E-state index in [1.165, 1.54) is 32.1 Å². The highest BCUT2D eigenvalue weighted by atomic mass is 35.5. The van der Waals surface area contributed by atoms with E-state index in [0.717, 1.165) is 31.2 Å². The summed E-state index contributed by atoms with van der Waals surface area (Å²) >= 11 is 6.03. The first kappa shape index (κ1) is 37.8. The summed E-state index contributed by atoms with van der Waals surface area (Å²) in [5.74, 6) is 2.22. The summed E-state index contributed by atoms with van der Waals surface area (Å²) in [5, 5.41) is 16.7. The third kappa shape index (κ3) is 10.6. The van der Waals surface area contributed by atoms with Crippen LogP contribution in [0.25, 0.3) is 0 Å². The molecule has 0 radical (unpaired) electrons. The molecule has 2 heterocycles. The number of pyridine rings is 2. The maximum atomic E-state index is 13.1. The quantitative estimate of drug-likeness (QED) is 0.141. The molecule has 10 heteroatoms. The number of nitrogens with one attached hydrogen (secondary N) is 2. The lowest BCUT2D eigenvalue weighted by Gasteiger charge is -2.33. The normalized spacial score (nSPS) is 18.6. The lowest BCUT2D eigenvalue weighted by Crippen LogP contribution is -2.39. The summed E-state index contributed by atoms with van der Waals surface area (Å²) < 4.78 is 11.9. The molecule has 2 aromatic carbocycles. The van der Waals surface area contributed by atoms with E-state index in [1.807, 2.05) is 30.3 Å². The number of aromatic nitrogens is 2. The van der Waals surface area contributed by atoms with Crippen LogP contribution in [-0.4, -0.2) is 33.9 Å². The van der Waals surface area contributed by atoms with Gasteiger partial charge >= 0.3 is 0 Å². The smallest absolute Gasteiger partial charge is 0.253 e. The van der Waals surface area contributed by atoms with Crippen molar-refractivity contribution >= 4 is 23.4 Å². The zero-order chi connectivity index (χ0) is 37.2. The molecule has 2 saturated carbocycles. The van der Waals surface area contributed by atoms with Gasteiger partial charge in [-0.25, -0.2) is 0 Å². The average Bonchev–Trinajstić information content (AvgIpc) is 3.19. The van der Waals surface area contributed by atoms with Gasteiger partial charge in [-0.05, 0) is 136 Å². The molecule has 2 fully saturated rings. The molecule has 0 spiro atoms. The first-order chi connectivity index (χ1) is 25.7. The molecule has 0 unspecified atom stereocenters. The monoisotopic (exact) mass is 733 g/mol. The van der Waals surface area contributed by atoms with E-state index in [9.17, 15) is 14.9 Å². The molecule has 53 heavy (non-hydrogen) atoms. The Morgan fingerprint density at radius 3 is 1.89 bits per heavy atom. The maximum Gasteiger partial charge on any atom is 0.253 e. The van der Waals surface area contributed by atoms with Crippen LogP contribution in [0.4, 0.5) is 0 Å². The second-order valence-electron chi connectivity index (χ2n) is 14.5. The highest BCUT2D eigenvalue weighted by Crippen LogP contribution is 2.38. The molecule has 0 saturated heterocycles. The Morgan fingerprint density at radius 1 is 0.755 bits per heavy atom. The summed E-state index contributed by atoms with van der Waals surface area (Å²) in [6.45, 7) is 4.67. The lowest BCUT2D eigenvalue weighted by molar-refractivity contribution is 0.0909. The van der Waals surface area contributed by atoms with Crippen LogP contribution in [0.1, 0.15) is 121 Å². The van der Waals surface area contributed by atoms with Crippen molar-refractivity contribution in [2.45, 2.75) is 103 Å². The van der Waals surface area contributed by atoms with E-state index in [2.05, 4.69) is 40.5 Å². The van der Waals surface area contributed by atoms with Crippen LogP contribution < -0.4 is 20.1 Å². The van der Waals surface area contributed by atoms with Crippen LogP contribution in [0.2, 0.25) is 5.02 Å². The van der Waals surface area contributed by atoms with E-state index >= 15 is 0 Å². The number of rotatable bonds is 13. The predicted molar refractivity (Wildman–Crippen MR) is 205 cm³/mol. The molecule has 2 aliphatic rings. The van der Waals surface area contributed by atoms with Crippen LogP contribution in [0, 0.1) is 23.2 Å². The van der Waals surface area contributed by atoms with Gasteiger partial charge in [0, 0.05) is 29.5 Å². The van der Waals surface area contributed by atoms with E-state index in [1.54, 1.807) is 48.8 Å². The van der Waals surface area contributed by atoms with E-state index in [4.69, 9.17) is 21.1 Å². The first-order valence-corrected chi connectivity index (χ1v) is 19.2. The van der Waals surface area contributed by atoms with Crippen molar-refractivity contribution in [3.63, 3.8) is 0 Å². The van der Waals surface area contributed by atoms with E-state index < -0.39 is 0 Å². The van der Waals surface area contributed by atoms with Crippen LogP contribution >= 0.6 is 11.6 Å². The molecule has 2 aliphatic carbocycles. The molecule has 4 aromatic rings. The minimum absolute atomic E-state index is 0.00359. The third-order valence-electron chi connectivity index (χ3n) is 10.8. The average molecular weight is 734 g/mol. The van der Waals surface area contributed by atoms with Gasteiger partial charge in [0.25, 0.3) is 11.8 Å². The number of halogens is 1. The van der Waals surface area contributed by atoms with Gasteiger partial charge in [-0.15, -0.1) is 0 Å². The number of amides is 2. The molecule has 9 nitrogen and oxygen atoms in total. The molecule has 0 bridgehead atoms. The van der Waals surface area contributed by atoms with Crippen molar-refractivity contribution < 1.29 is 19.1 Å². The molecule has 2 N–H and O–H groups in total. The Balaban J connectivity index is 0.964. The number of nitriles is 1. The van der Waals surface area contributed by atoms with Gasteiger partial charge in [0.1, 0.15) is 24.7 Å². The molecular formula is C43H48ClN5O4. The summed E-state index contributed by atoms with van der Waals surface area (Å²) in [7, 11) is 0. The second-order valence-corrected chi connectivity index (χ2v) is 15.0. The molecule has 6 rings (SSSR count). The standard InChI is InChI=1S/C43H48ClN5O4/c1-28(31-7-4-3-5-8-31)48-42(50)34-16-18-39(47-25-34)27-53-41-20-30(23-45)19-36(21-41)33-13-11-32(12-14-33)29(2)49-43(51)35-15-17-38(46-24-35)26-52-40-10-6-9-37(44)22-40/h6,9-10,15-22,24-25,28-29,31-33H,3-5,7-8,11-14,26-27H2,1-2H3,(H,48,50)(H,49,51)/t28-,29-,32?,33?/m1/s1. The number of hydrogen-bond acceptors (Lipinski definition) is 7. The van der Waals surface area contributed by atoms with Gasteiger partial charge in [0.2, 0.25) is 0 Å². The number of nitrogens with zero attached hydrogens (tertiary/aromatic N) is 3. The molecular weight excluding hydrogens is 686 g/mol. The van der Waals surface area contributed by atoms with Crippen molar-refractivity contribution in [3.05, 3.63) is 118 Å². The summed E-state index contributed by atoms with van der Waals surface area (Å²) in [5.41, 5.74) is 4.12. The Kier molecular flexibility index (Phi) is 13.0. The van der Waals surface area contributed by atoms with Crippen molar-refractivity contribution in [2.24, 2.45) is 11.8 Å². The van der Waals surface area contributed by atoms with Crippen molar-refractivity contribution in [1.82, 2.24) is 20.6 Å². The van der Waals surface area contributed by atoms with Crippen molar-refractivity contribution in [2.75, 3.05) is 0 Å². The number of carbonyl (C=O) groups excluding carboxylic acids is 2. The van der Waals surface area contributed by atoms with Gasteiger partial charge in [-0.3, -0.25) is 19.6 Å². The van der Waals surface area contributed by atoms with Gasteiger partial charge < -0.3 is 20.1 Å². The fourth-order valence-corrected chi connectivity index (χ4v) is 7.75. The Morgan fingerprint density at radius 2 is 1.34 bits per heavy atom. The Hall–Kier alpha value is -4.94. The molecule has 2 amide bonds. The van der Waals surface area contributed by atoms with Gasteiger partial charge in [-0.2, -0.15) is 5.26 Å². The van der Waals surface area contributed by atoms with Crippen molar-refractivity contribution in [3.8, 4) is 17.6 Å². The lowest BCUT2D eigenvalue weighted by atomic mass is 9.76. The number of benzene rings is 2. The zero-order valence-electron chi connectivity index (χ0n) is 30.5.